The first-order valence-electron chi connectivity index (χ1n) is 8.24. The maximum Gasteiger partial charge on any atom is 0.260 e. The first kappa shape index (κ1) is 17.4. The smallest absolute Gasteiger partial charge is 0.260 e. The Morgan fingerprint density at radius 3 is 2.32 bits per heavy atom. The molecule has 1 fully saturated rings. The van der Waals surface area contributed by atoms with Gasteiger partial charge in [0.15, 0.2) is 6.61 Å². The van der Waals surface area contributed by atoms with Crippen molar-refractivity contribution >= 4 is 5.91 Å². The Morgan fingerprint density at radius 2 is 1.64 bits per heavy atom. The molecule has 1 aliphatic rings. The van der Waals surface area contributed by atoms with Crippen LogP contribution in [0.1, 0.15) is 5.56 Å². The highest BCUT2D eigenvalue weighted by molar-refractivity contribution is 5.77. The highest BCUT2D eigenvalue weighted by atomic mass is 19.1. The zero-order chi connectivity index (χ0) is 17.6. The van der Waals surface area contributed by atoms with Gasteiger partial charge in [0.2, 0.25) is 0 Å². The fraction of sp³-hybridized carbons (Fsp3) is 0.316. The van der Waals surface area contributed by atoms with Gasteiger partial charge < -0.3 is 9.64 Å². The van der Waals surface area contributed by atoms with E-state index >= 15 is 0 Å². The molecule has 0 atom stereocenters. The summed E-state index contributed by atoms with van der Waals surface area (Å²) in [6.07, 6.45) is 0. The Bertz CT molecular complexity index is 714. The Balaban J connectivity index is 1.44. The monoisotopic (exact) mass is 346 g/mol. The molecule has 0 aromatic heterocycles. The maximum absolute atomic E-state index is 13.7. The second kappa shape index (κ2) is 8.07. The van der Waals surface area contributed by atoms with Gasteiger partial charge in [-0.25, -0.2) is 8.78 Å². The minimum Gasteiger partial charge on any atom is -0.484 e. The first-order chi connectivity index (χ1) is 12.1. The van der Waals surface area contributed by atoms with E-state index in [0.717, 1.165) is 0 Å². The molecular formula is C19H20F2N2O2. The van der Waals surface area contributed by atoms with Crippen molar-refractivity contribution in [3.63, 3.8) is 0 Å². The quantitative estimate of drug-likeness (QED) is 0.835. The van der Waals surface area contributed by atoms with Crippen LogP contribution in [0.4, 0.5) is 8.78 Å². The predicted molar refractivity (Wildman–Crippen MR) is 90.2 cm³/mol. The van der Waals surface area contributed by atoms with Crippen LogP contribution in [0.2, 0.25) is 0 Å². The van der Waals surface area contributed by atoms with Crippen LogP contribution in [0.5, 0.6) is 5.75 Å². The third-order valence-corrected chi connectivity index (χ3v) is 4.25. The van der Waals surface area contributed by atoms with Crippen molar-refractivity contribution in [2.45, 2.75) is 6.54 Å². The van der Waals surface area contributed by atoms with Crippen LogP contribution in [0.25, 0.3) is 0 Å². The van der Waals surface area contributed by atoms with Crippen molar-refractivity contribution in [1.29, 1.82) is 0 Å². The summed E-state index contributed by atoms with van der Waals surface area (Å²) in [6.45, 7) is 3.02. The molecule has 0 N–H and O–H groups in total. The number of benzene rings is 2. The number of carbonyl (C=O) groups excluding carboxylic acids is 1. The number of rotatable bonds is 5. The van der Waals surface area contributed by atoms with Gasteiger partial charge in [-0.15, -0.1) is 0 Å². The molecule has 0 spiro atoms. The minimum atomic E-state index is -0.343. The van der Waals surface area contributed by atoms with E-state index in [4.69, 9.17) is 4.74 Å². The van der Waals surface area contributed by atoms with Gasteiger partial charge in [0.05, 0.1) is 0 Å². The molecule has 2 aromatic carbocycles. The molecule has 3 rings (SSSR count). The summed E-state index contributed by atoms with van der Waals surface area (Å²) in [4.78, 5) is 16.1. The van der Waals surface area contributed by atoms with Gasteiger partial charge in [-0.05, 0) is 30.3 Å². The number of ether oxygens (including phenoxy) is 1. The molecule has 1 amide bonds. The molecule has 1 aliphatic heterocycles. The highest BCUT2D eigenvalue weighted by Crippen LogP contribution is 2.13. The third kappa shape index (κ3) is 4.76. The van der Waals surface area contributed by atoms with Crippen LogP contribution >= 0.6 is 0 Å². The summed E-state index contributed by atoms with van der Waals surface area (Å²) >= 11 is 0. The fourth-order valence-corrected chi connectivity index (χ4v) is 2.79. The summed E-state index contributed by atoms with van der Waals surface area (Å²) in [6, 6.07) is 12.3. The number of hydrogen-bond acceptors (Lipinski definition) is 3. The molecule has 25 heavy (non-hydrogen) atoms. The zero-order valence-corrected chi connectivity index (χ0v) is 13.8. The number of carbonyl (C=O) groups is 1. The second-order valence-corrected chi connectivity index (χ2v) is 5.99. The van der Waals surface area contributed by atoms with E-state index in [1.165, 1.54) is 30.3 Å². The molecule has 1 saturated heterocycles. The van der Waals surface area contributed by atoms with E-state index in [2.05, 4.69) is 4.90 Å². The zero-order valence-electron chi connectivity index (χ0n) is 13.8. The Morgan fingerprint density at radius 1 is 0.960 bits per heavy atom. The van der Waals surface area contributed by atoms with Crippen molar-refractivity contribution in [2.75, 3.05) is 32.8 Å². The van der Waals surface area contributed by atoms with E-state index in [1.807, 2.05) is 6.07 Å². The number of amides is 1. The molecular weight excluding hydrogens is 326 g/mol. The molecule has 1 heterocycles. The molecule has 4 nitrogen and oxygen atoms in total. The van der Waals surface area contributed by atoms with E-state index in [1.54, 1.807) is 17.0 Å². The molecule has 0 saturated carbocycles. The molecule has 2 aromatic rings. The predicted octanol–water partition coefficient (Wildman–Crippen LogP) is 2.69. The average molecular weight is 346 g/mol. The largest absolute Gasteiger partial charge is 0.484 e. The fourth-order valence-electron chi connectivity index (χ4n) is 2.79. The lowest BCUT2D eigenvalue weighted by Gasteiger charge is -2.34. The van der Waals surface area contributed by atoms with Crippen molar-refractivity contribution in [1.82, 2.24) is 9.80 Å². The van der Waals surface area contributed by atoms with Crippen molar-refractivity contribution in [2.24, 2.45) is 0 Å². The number of nitrogens with zero attached hydrogens (tertiary/aromatic N) is 2. The number of piperazine rings is 1. The van der Waals surface area contributed by atoms with Crippen LogP contribution in [0.15, 0.2) is 48.5 Å². The molecule has 132 valence electrons. The summed E-state index contributed by atoms with van der Waals surface area (Å²) < 4.78 is 31.9. The first-order valence-corrected chi connectivity index (χ1v) is 8.24. The van der Waals surface area contributed by atoms with Crippen molar-refractivity contribution < 1.29 is 18.3 Å². The standard InChI is InChI=1S/C19H20F2N2O2/c20-16-5-7-17(8-6-16)25-14-19(24)23-11-9-22(10-12-23)13-15-3-1-2-4-18(15)21/h1-8H,9-14H2. The average Bonchev–Trinajstić information content (AvgIpc) is 2.63. The lowest BCUT2D eigenvalue weighted by atomic mass is 10.2. The Labute approximate surface area is 145 Å². The summed E-state index contributed by atoms with van der Waals surface area (Å²) in [5.41, 5.74) is 0.668. The number of halogens is 2. The van der Waals surface area contributed by atoms with Crippen molar-refractivity contribution in [3.05, 3.63) is 65.7 Å². The highest BCUT2D eigenvalue weighted by Gasteiger charge is 2.22. The van der Waals surface area contributed by atoms with Gasteiger partial charge in [0, 0.05) is 38.3 Å². The van der Waals surface area contributed by atoms with Gasteiger partial charge >= 0.3 is 0 Å². The minimum absolute atomic E-state index is 0.0705. The maximum atomic E-state index is 13.7. The van der Waals surface area contributed by atoms with Crippen LogP contribution in [0.3, 0.4) is 0 Å². The summed E-state index contributed by atoms with van der Waals surface area (Å²) in [5.74, 6) is -0.179. The summed E-state index contributed by atoms with van der Waals surface area (Å²) in [7, 11) is 0. The Hall–Kier alpha value is -2.47. The SMILES string of the molecule is O=C(COc1ccc(F)cc1)N1CCN(Cc2ccccc2F)CC1. The van der Waals surface area contributed by atoms with Gasteiger partial charge in [0.25, 0.3) is 5.91 Å². The number of hydrogen-bond donors (Lipinski definition) is 0. The molecule has 0 aliphatic carbocycles. The van der Waals surface area contributed by atoms with Gasteiger partial charge in [0.1, 0.15) is 17.4 Å². The van der Waals surface area contributed by atoms with Gasteiger partial charge in [-0.2, -0.15) is 0 Å². The molecule has 0 bridgehead atoms. The normalized spacial score (nSPS) is 15.2. The van der Waals surface area contributed by atoms with Crippen LogP contribution < -0.4 is 4.74 Å². The Kier molecular flexibility index (Phi) is 5.60. The third-order valence-electron chi connectivity index (χ3n) is 4.25. The van der Waals surface area contributed by atoms with E-state index in [9.17, 15) is 13.6 Å². The molecule has 6 heteroatoms. The topological polar surface area (TPSA) is 32.8 Å². The summed E-state index contributed by atoms with van der Waals surface area (Å²) in [5, 5.41) is 0. The lowest BCUT2D eigenvalue weighted by molar-refractivity contribution is -0.135. The van der Waals surface area contributed by atoms with Crippen LogP contribution in [-0.4, -0.2) is 48.5 Å². The lowest BCUT2D eigenvalue weighted by Crippen LogP contribution is -2.49. The van der Waals surface area contributed by atoms with E-state index < -0.39 is 0 Å². The second-order valence-electron chi connectivity index (χ2n) is 5.99. The van der Waals surface area contributed by atoms with Crippen molar-refractivity contribution in [3.8, 4) is 5.75 Å². The van der Waals surface area contributed by atoms with Gasteiger partial charge in [-0.1, -0.05) is 18.2 Å². The van der Waals surface area contributed by atoms with E-state index in [0.29, 0.717) is 44.0 Å². The molecule has 0 unspecified atom stereocenters. The van der Waals surface area contributed by atoms with Crippen LogP contribution in [0, 0.1) is 11.6 Å². The van der Waals surface area contributed by atoms with Gasteiger partial charge in [-0.3, -0.25) is 9.69 Å². The van der Waals surface area contributed by atoms with E-state index in [-0.39, 0.29) is 24.1 Å². The molecule has 0 radical (unpaired) electrons. The van der Waals surface area contributed by atoms with Crippen LogP contribution in [-0.2, 0) is 11.3 Å².